The third kappa shape index (κ3) is 18.4. The van der Waals surface area contributed by atoms with Crippen molar-refractivity contribution in [1.82, 2.24) is 0 Å². The van der Waals surface area contributed by atoms with Gasteiger partial charge in [0.2, 0.25) is 0 Å². The lowest BCUT2D eigenvalue weighted by Crippen LogP contribution is -2.02. The molecule has 0 aliphatic heterocycles. The molecule has 0 aliphatic carbocycles. The van der Waals surface area contributed by atoms with Gasteiger partial charge in [0.1, 0.15) is 0 Å². The molecule has 0 spiro atoms. The first kappa shape index (κ1) is 21.4. The highest BCUT2D eigenvalue weighted by Crippen LogP contribution is 2.01. The summed E-state index contributed by atoms with van der Waals surface area (Å²) in [5.74, 6) is -0.0900. The van der Waals surface area contributed by atoms with Crippen molar-refractivity contribution < 1.29 is 9.53 Å². The van der Waals surface area contributed by atoms with Gasteiger partial charge in [-0.1, -0.05) is 68.4 Å². The van der Waals surface area contributed by atoms with E-state index in [9.17, 15) is 4.79 Å². The molecule has 0 aromatic carbocycles. The minimum Gasteiger partial charge on any atom is -0.466 e. The van der Waals surface area contributed by atoms with Gasteiger partial charge in [-0.2, -0.15) is 0 Å². The van der Waals surface area contributed by atoms with Gasteiger partial charge in [-0.3, -0.25) is 4.79 Å². The van der Waals surface area contributed by atoms with Crippen LogP contribution in [0.3, 0.4) is 0 Å². The normalized spacial score (nSPS) is 12.3. The Labute approximate surface area is 143 Å². The average Bonchev–Trinajstić information content (AvgIpc) is 2.54. The minimum atomic E-state index is -0.0900. The van der Waals surface area contributed by atoms with Crippen molar-refractivity contribution in [3.05, 3.63) is 48.6 Å². The van der Waals surface area contributed by atoms with Crippen LogP contribution in [0.4, 0.5) is 0 Å². The Bertz CT molecular complexity index is 375. The zero-order chi connectivity index (χ0) is 17.0. The molecule has 0 radical (unpaired) electrons. The molecule has 0 saturated carbocycles. The van der Waals surface area contributed by atoms with Crippen molar-refractivity contribution in [2.75, 3.05) is 6.61 Å². The summed E-state index contributed by atoms with van der Waals surface area (Å²) in [6.45, 7) is 4.53. The highest BCUT2D eigenvalue weighted by Gasteiger charge is 1.98. The number of hydrogen-bond acceptors (Lipinski definition) is 2. The number of carbonyl (C=O) groups is 1. The van der Waals surface area contributed by atoms with Crippen LogP contribution in [0.1, 0.15) is 71.6 Å². The van der Waals surface area contributed by atoms with E-state index in [1.807, 2.05) is 6.92 Å². The van der Waals surface area contributed by atoms with Crippen LogP contribution in [0.2, 0.25) is 0 Å². The zero-order valence-corrected chi connectivity index (χ0v) is 15.0. The van der Waals surface area contributed by atoms with Gasteiger partial charge in [-0.05, 0) is 45.4 Å². The highest BCUT2D eigenvalue weighted by atomic mass is 16.5. The Morgan fingerprint density at radius 3 is 1.70 bits per heavy atom. The lowest BCUT2D eigenvalue weighted by atomic mass is 10.2. The minimum absolute atomic E-state index is 0.0900. The fourth-order valence-electron chi connectivity index (χ4n) is 1.97. The van der Waals surface area contributed by atoms with E-state index in [-0.39, 0.29) is 5.97 Å². The van der Waals surface area contributed by atoms with E-state index in [1.54, 1.807) is 0 Å². The molecule has 0 rings (SSSR count). The van der Waals surface area contributed by atoms with Gasteiger partial charge in [-0.25, -0.2) is 0 Å². The van der Waals surface area contributed by atoms with E-state index >= 15 is 0 Å². The van der Waals surface area contributed by atoms with Crippen LogP contribution in [0.25, 0.3) is 0 Å². The summed E-state index contributed by atoms with van der Waals surface area (Å²) in [6, 6.07) is 0. The molecule has 0 unspecified atom stereocenters. The first-order valence-corrected chi connectivity index (χ1v) is 9.06. The molecule has 23 heavy (non-hydrogen) atoms. The molecule has 0 aliphatic rings. The summed E-state index contributed by atoms with van der Waals surface area (Å²) in [7, 11) is 0. The Balaban J connectivity index is 3.44. The number of rotatable bonds is 14. The molecule has 0 atom stereocenters. The lowest BCUT2D eigenvalue weighted by Gasteiger charge is -1.98. The number of esters is 1. The Morgan fingerprint density at radius 2 is 1.22 bits per heavy atom. The summed E-state index contributed by atoms with van der Waals surface area (Å²) in [5, 5.41) is 0. The lowest BCUT2D eigenvalue weighted by molar-refractivity contribution is -0.143. The predicted molar refractivity (Wildman–Crippen MR) is 100 cm³/mol. The fourth-order valence-corrected chi connectivity index (χ4v) is 1.97. The maximum absolute atomic E-state index is 11.1. The molecule has 0 amide bonds. The van der Waals surface area contributed by atoms with E-state index < -0.39 is 0 Å². The van der Waals surface area contributed by atoms with Crippen LogP contribution in [-0.4, -0.2) is 12.6 Å². The maximum Gasteiger partial charge on any atom is 0.305 e. The molecular formula is C21H34O2. The van der Waals surface area contributed by atoms with Crippen LogP contribution in [0, 0.1) is 0 Å². The number of allylic oxidation sites excluding steroid dienone is 8. The van der Waals surface area contributed by atoms with Crippen molar-refractivity contribution in [1.29, 1.82) is 0 Å². The second-order valence-electron chi connectivity index (χ2n) is 5.43. The summed E-state index contributed by atoms with van der Waals surface area (Å²) in [6.07, 6.45) is 26.7. The quantitative estimate of drug-likeness (QED) is 0.213. The van der Waals surface area contributed by atoms with Gasteiger partial charge in [0, 0.05) is 6.42 Å². The Hall–Kier alpha value is -1.57. The molecular weight excluding hydrogens is 284 g/mol. The van der Waals surface area contributed by atoms with E-state index in [0.717, 1.165) is 32.1 Å². The molecule has 0 aromatic rings. The second kappa shape index (κ2) is 18.5. The van der Waals surface area contributed by atoms with Gasteiger partial charge in [0.25, 0.3) is 0 Å². The van der Waals surface area contributed by atoms with Gasteiger partial charge < -0.3 is 4.74 Å². The molecule has 0 saturated heterocycles. The number of ether oxygens (including phenoxy) is 1. The molecule has 130 valence electrons. The fraction of sp³-hybridized carbons (Fsp3) is 0.571. The first-order valence-electron chi connectivity index (χ1n) is 9.06. The standard InChI is InChI=1S/C21H34O2/c1-3-5-6-7-8-9-10-11-12-13-14-15-16-17-18-19-20-21(22)23-4-2/h7-8,10-11,13-14,16-17H,3-6,9,12,15,18-20H2,1-2H3/b8-7+,11-10+,14-13+,17-16+. The van der Waals surface area contributed by atoms with Crippen LogP contribution in [0.15, 0.2) is 48.6 Å². The Morgan fingerprint density at radius 1 is 0.739 bits per heavy atom. The highest BCUT2D eigenvalue weighted by molar-refractivity contribution is 5.69. The van der Waals surface area contributed by atoms with Crippen molar-refractivity contribution in [2.45, 2.75) is 71.6 Å². The van der Waals surface area contributed by atoms with Gasteiger partial charge in [-0.15, -0.1) is 0 Å². The average molecular weight is 319 g/mol. The first-order chi connectivity index (χ1) is 11.3. The third-order valence-electron chi connectivity index (χ3n) is 3.26. The molecule has 0 bridgehead atoms. The van der Waals surface area contributed by atoms with Crippen LogP contribution in [-0.2, 0) is 9.53 Å². The number of carbonyl (C=O) groups excluding carboxylic acids is 1. The SMILES string of the molecule is CCCC/C=C/C/C=C/C/C=C/C/C=C/CCCC(=O)OCC. The van der Waals surface area contributed by atoms with Crippen molar-refractivity contribution >= 4 is 5.97 Å². The Kier molecular flexibility index (Phi) is 17.2. The topological polar surface area (TPSA) is 26.3 Å². The second-order valence-corrected chi connectivity index (χ2v) is 5.43. The van der Waals surface area contributed by atoms with Gasteiger partial charge in [0.05, 0.1) is 6.61 Å². The van der Waals surface area contributed by atoms with Crippen molar-refractivity contribution in [3.8, 4) is 0 Å². The van der Waals surface area contributed by atoms with Crippen LogP contribution < -0.4 is 0 Å². The monoisotopic (exact) mass is 318 g/mol. The molecule has 0 aromatic heterocycles. The largest absolute Gasteiger partial charge is 0.466 e. The summed E-state index contributed by atoms with van der Waals surface area (Å²) >= 11 is 0. The van der Waals surface area contributed by atoms with E-state index in [4.69, 9.17) is 4.74 Å². The number of hydrogen-bond donors (Lipinski definition) is 0. The van der Waals surface area contributed by atoms with E-state index in [2.05, 4.69) is 55.5 Å². The third-order valence-corrected chi connectivity index (χ3v) is 3.26. The molecule has 0 fully saturated rings. The molecule has 2 heteroatoms. The summed E-state index contributed by atoms with van der Waals surface area (Å²) in [4.78, 5) is 11.1. The molecule has 0 N–H and O–H groups in total. The number of unbranched alkanes of at least 4 members (excludes halogenated alkanes) is 3. The summed E-state index contributed by atoms with van der Waals surface area (Å²) in [5.41, 5.74) is 0. The van der Waals surface area contributed by atoms with Crippen LogP contribution in [0.5, 0.6) is 0 Å². The summed E-state index contributed by atoms with van der Waals surface area (Å²) < 4.78 is 4.88. The zero-order valence-electron chi connectivity index (χ0n) is 15.0. The smallest absolute Gasteiger partial charge is 0.305 e. The van der Waals surface area contributed by atoms with E-state index in [1.165, 1.54) is 19.3 Å². The maximum atomic E-state index is 11.1. The van der Waals surface area contributed by atoms with Crippen LogP contribution >= 0.6 is 0 Å². The molecule has 2 nitrogen and oxygen atoms in total. The van der Waals surface area contributed by atoms with Crippen molar-refractivity contribution in [2.24, 2.45) is 0 Å². The molecule has 0 heterocycles. The van der Waals surface area contributed by atoms with Crippen molar-refractivity contribution in [3.63, 3.8) is 0 Å². The predicted octanol–water partition coefficient (Wildman–Crippen LogP) is 6.31. The van der Waals surface area contributed by atoms with Gasteiger partial charge in [0.15, 0.2) is 0 Å². The van der Waals surface area contributed by atoms with E-state index in [0.29, 0.717) is 13.0 Å². The van der Waals surface area contributed by atoms with Gasteiger partial charge >= 0.3 is 5.97 Å².